The Labute approximate surface area is 140 Å². The van der Waals surface area contributed by atoms with Crippen molar-refractivity contribution in [3.8, 4) is 0 Å². The number of alkyl halides is 3. The first-order valence-corrected chi connectivity index (χ1v) is 7.34. The number of hydrogen-bond donors (Lipinski definition) is 2. The normalized spacial score (nSPS) is 18.1. The molecule has 1 saturated heterocycles. The number of piperazine rings is 1. The number of carboxylic acid groups (broad SMARTS) is 1. The van der Waals surface area contributed by atoms with Crippen molar-refractivity contribution in [1.82, 2.24) is 15.2 Å². The van der Waals surface area contributed by atoms with Crippen LogP contribution in [0.15, 0.2) is 10.7 Å². The molecule has 1 aromatic rings. The lowest BCUT2D eigenvalue weighted by Gasteiger charge is -2.35. The average molecular weight is 372 g/mol. The molecule has 2 rings (SSSR count). The van der Waals surface area contributed by atoms with E-state index in [1.807, 2.05) is 0 Å². The van der Waals surface area contributed by atoms with E-state index in [1.54, 1.807) is 4.90 Å². The fraction of sp³-hybridized carbons (Fsp3) is 0.615. The summed E-state index contributed by atoms with van der Waals surface area (Å²) in [7, 11) is 0. The van der Waals surface area contributed by atoms with Gasteiger partial charge in [-0.15, -0.1) is 0 Å². The highest BCUT2D eigenvalue weighted by Crippen LogP contribution is 2.14. The Morgan fingerprint density at radius 2 is 2.08 bits per heavy atom. The Balaban J connectivity index is 0.000000351. The van der Waals surface area contributed by atoms with Crippen molar-refractivity contribution in [1.29, 1.82) is 0 Å². The molecule has 2 heterocycles. The number of aliphatic carboxylic acids is 1. The van der Waals surface area contributed by atoms with Crippen LogP contribution < -0.4 is 5.32 Å². The van der Waals surface area contributed by atoms with Crippen molar-refractivity contribution in [2.45, 2.75) is 26.1 Å². The summed E-state index contributed by atoms with van der Waals surface area (Å²) >= 11 is 5.56. The van der Waals surface area contributed by atoms with Gasteiger partial charge in [-0.2, -0.15) is 18.2 Å². The fourth-order valence-corrected chi connectivity index (χ4v) is 2.06. The van der Waals surface area contributed by atoms with E-state index in [-0.39, 0.29) is 17.0 Å². The molecule has 0 radical (unpaired) electrons. The molecule has 0 unspecified atom stereocenters. The van der Waals surface area contributed by atoms with Crippen molar-refractivity contribution in [3.05, 3.63) is 17.3 Å². The number of amides is 1. The third-order valence-corrected chi connectivity index (χ3v) is 3.41. The lowest BCUT2D eigenvalue weighted by molar-refractivity contribution is -0.192. The van der Waals surface area contributed by atoms with Gasteiger partial charge in [-0.25, -0.2) is 4.79 Å². The zero-order valence-corrected chi connectivity index (χ0v) is 13.7. The largest absolute Gasteiger partial charge is 0.490 e. The molecule has 1 aliphatic rings. The number of oxazole rings is 1. The van der Waals surface area contributed by atoms with Crippen LogP contribution >= 0.6 is 11.6 Å². The zero-order valence-electron chi connectivity index (χ0n) is 12.9. The van der Waals surface area contributed by atoms with Gasteiger partial charge in [0.1, 0.15) is 6.26 Å². The third kappa shape index (κ3) is 6.00. The molecule has 1 aromatic heterocycles. The van der Waals surface area contributed by atoms with E-state index >= 15 is 0 Å². The minimum Gasteiger partial charge on any atom is -0.475 e. The predicted molar refractivity (Wildman–Crippen MR) is 77.7 cm³/mol. The topological polar surface area (TPSA) is 95.7 Å². The molecule has 2 N–H and O–H groups in total. The molecule has 0 spiro atoms. The number of halogens is 4. The Kier molecular flexibility index (Phi) is 7.03. The highest BCUT2D eigenvalue weighted by molar-refractivity contribution is 6.27. The van der Waals surface area contributed by atoms with E-state index in [0.29, 0.717) is 25.0 Å². The highest BCUT2D eigenvalue weighted by atomic mass is 35.5. The molecule has 0 aromatic carbocycles. The number of carbonyl (C=O) groups excluding carboxylic acids is 1. The maximum Gasteiger partial charge on any atom is 0.490 e. The van der Waals surface area contributed by atoms with Crippen LogP contribution in [0.2, 0.25) is 5.35 Å². The van der Waals surface area contributed by atoms with Crippen LogP contribution in [0.4, 0.5) is 13.2 Å². The molecule has 136 valence electrons. The summed E-state index contributed by atoms with van der Waals surface area (Å²) in [5, 5.41) is 10.5. The van der Waals surface area contributed by atoms with E-state index in [9.17, 15) is 18.0 Å². The first kappa shape index (κ1) is 20.2. The molecule has 0 aliphatic carbocycles. The molecular weight excluding hydrogens is 355 g/mol. The van der Waals surface area contributed by atoms with Gasteiger partial charge in [0.2, 0.25) is 0 Å². The summed E-state index contributed by atoms with van der Waals surface area (Å²) < 4.78 is 36.6. The van der Waals surface area contributed by atoms with E-state index in [0.717, 1.165) is 6.54 Å². The minimum atomic E-state index is -5.08. The highest BCUT2D eigenvalue weighted by Gasteiger charge is 2.38. The summed E-state index contributed by atoms with van der Waals surface area (Å²) in [6.07, 6.45) is -3.78. The first-order valence-electron chi connectivity index (χ1n) is 6.96. The molecule has 1 aliphatic heterocycles. The number of rotatable bonds is 2. The SMILES string of the molecule is CC(C)[C@H]1CN(C(=O)c2coc(Cl)n2)CCN1.O=C(O)C(F)(F)F. The Hall–Kier alpha value is -1.81. The lowest BCUT2D eigenvalue weighted by Crippen LogP contribution is -2.54. The second kappa shape index (κ2) is 8.34. The summed E-state index contributed by atoms with van der Waals surface area (Å²) in [6, 6.07) is 0.329. The maximum absolute atomic E-state index is 12.1. The van der Waals surface area contributed by atoms with Crippen LogP contribution in [-0.2, 0) is 4.79 Å². The number of hydrogen-bond acceptors (Lipinski definition) is 5. The Morgan fingerprint density at radius 1 is 1.50 bits per heavy atom. The molecular formula is C13H17ClF3N3O4. The third-order valence-electron chi connectivity index (χ3n) is 3.24. The standard InChI is InChI=1S/C11H16ClN3O2.C2HF3O2/c1-7(2)8-5-15(4-3-13-8)10(16)9-6-17-11(12)14-9;3-2(4,5)1(6)7/h6-8,13H,3-5H2,1-2H3;(H,6,7)/t8-;/m1./s1. The van der Waals surface area contributed by atoms with E-state index in [2.05, 4.69) is 24.1 Å². The van der Waals surface area contributed by atoms with Gasteiger partial charge in [-0.1, -0.05) is 13.8 Å². The summed E-state index contributed by atoms with van der Waals surface area (Å²) in [5.74, 6) is -2.38. The molecule has 24 heavy (non-hydrogen) atoms. The zero-order chi connectivity index (χ0) is 18.5. The number of carbonyl (C=O) groups is 2. The Morgan fingerprint density at radius 3 is 2.50 bits per heavy atom. The number of nitrogens with zero attached hydrogens (tertiary/aromatic N) is 2. The van der Waals surface area contributed by atoms with Gasteiger partial charge in [-0.05, 0) is 17.5 Å². The average Bonchev–Trinajstić information content (AvgIpc) is 2.93. The number of aromatic nitrogens is 1. The predicted octanol–water partition coefficient (Wildman–Crippen LogP) is 2.03. The van der Waals surface area contributed by atoms with Crippen LogP contribution in [0, 0.1) is 5.92 Å². The van der Waals surface area contributed by atoms with Gasteiger partial charge < -0.3 is 19.7 Å². The molecule has 0 bridgehead atoms. The number of nitrogens with one attached hydrogen (secondary N) is 1. The van der Waals surface area contributed by atoms with Crippen molar-refractivity contribution in [3.63, 3.8) is 0 Å². The van der Waals surface area contributed by atoms with Gasteiger partial charge in [0.15, 0.2) is 5.69 Å². The number of carboxylic acids is 1. The van der Waals surface area contributed by atoms with E-state index < -0.39 is 12.1 Å². The van der Waals surface area contributed by atoms with Crippen molar-refractivity contribution < 1.29 is 32.3 Å². The van der Waals surface area contributed by atoms with Crippen molar-refractivity contribution >= 4 is 23.5 Å². The van der Waals surface area contributed by atoms with Crippen LogP contribution in [0.5, 0.6) is 0 Å². The first-order chi connectivity index (χ1) is 11.0. The quantitative estimate of drug-likeness (QED) is 0.826. The van der Waals surface area contributed by atoms with Crippen LogP contribution in [0.3, 0.4) is 0 Å². The second-order valence-corrected chi connectivity index (χ2v) is 5.67. The Bertz CT molecular complexity index is 577. The van der Waals surface area contributed by atoms with E-state index in [1.165, 1.54) is 6.26 Å². The van der Waals surface area contributed by atoms with Crippen molar-refractivity contribution in [2.75, 3.05) is 19.6 Å². The maximum atomic E-state index is 12.1. The molecule has 7 nitrogen and oxygen atoms in total. The van der Waals surface area contributed by atoms with Gasteiger partial charge in [0.05, 0.1) is 0 Å². The molecule has 1 amide bonds. The van der Waals surface area contributed by atoms with Gasteiger partial charge >= 0.3 is 12.1 Å². The second-order valence-electron chi connectivity index (χ2n) is 5.34. The van der Waals surface area contributed by atoms with Gasteiger partial charge in [0, 0.05) is 25.7 Å². The molecule has 11 heteroatoms. The monoisotopic (exact) mass is 371 g/mol. The van der Waals surface area contributed by atoms with Crippen LogP contribution in [-0.4, -0.2) is 58.7 Å². The molecule has 1 fully saturated rings. The smallest absolute Gasteiger partial charge is 0.475 e. The summed E-state index contributed by atoms with van der Waals surface area (Å²) in [5.41, 5.74) is 0.277. The summed E-state index contributed by atoms with van der Waals surface area (Å²) in [6.45, 7) is 6.46. The minimum absolute atomic E-state index is 0.00361. The fourth-order valence-electron chi connectivity index (χ4n) is 1.92. The lowest BCUT2D eigenvalue weighted by atomic mass is 10.0. The van der Waals surface area contributed by atoms with Crippen molar-refractivity contribution in [2.24, 2.45) is 5.92 Å². The van der Waals surface area contributed by atoms with Gasteiger partial charge in [0.25, 0.3) is 11.3 Å². The van der Waals surface area contributed by atoms with E-state index in [4.69, 9.17) is 25.9 Å². The van der Waals surface area contributed by atoms with Crippen LogP contribution in [0.1, 0.15) is 24.3 Å². The molecule has 1 atom stereocenters. The van der Waals surface area contributed by atoms with Gasteiger partial charge in [-0.3, -0.25) is 4.79 Å². The van der Waals surface area contributed by atoms with Crippen LogP contribution in [0.25, 0.3) is 0 Å². The summed E-state index contributed by atoms with van der Waals surface area (Å²) in [4.78, 5) is 26.6. The molecule has 0 saturated carbocycles.